The standard InChI is InChI=1S/C21H30FN3O/c22-17-6-4-13(5-7-17)18-8-9-24-12-19(18)25-21(26)16-10-14-2-1-3-15(11-16)20(14)23/h4-7,14-16,18-20,24H,1-3,8-12,23H2,(H,25,26). The van der Waals surface area contributed by atoms with Gasteiger partial charge in [0, 0.05) is 30.5 Å². The molecule has 4 atom stereocenters. The maximum Gasteiger partial charge on any atom is 0.223 e. The molecule has 1 heterocycles. The van der Waals surface area contributed by atoms with Gasteiger partial charge < -0.3 is 16.4 Å². The second-order valence-corrected chi connectivity index (χ2v) is 8.46. The van der Waals surface area contributed by atoms with Crippen LogP contribution in [0.5, 0.6) is 0 Å². The minimum absolute atomic E-state index is 0.0668. The first-order chi connectivity index (χ1) is 12.6. The molecule has 3 aliphatic rings. The van der Waals surface area contributed by atoms with E-state index in [1.807, 2.05) is 12.1 Å². The van der Waals surface area contributed by atoms with Crippen LogP contribution in [0.3, 0.4) is 0 Å². The SMILES string of the molecule is NC1C2CCCC1CC(C(=O)NC1CNCCC1c1ccc(F)cc1)C2. The maximum absolute atomic E-state index is 13.3. The van der Waals surface area contributed by atoms with Crippen LogP contribution in [-0.2, 0) is 4.79 Å². The van der Waals surface area contributed by atoms with Crippen LogP contribution < -0.4 is 16.4 Å². The molecule has 1 aromatic rings. The molecule has 3 fully saturated rings. The molecule has 4 unspecified atom stereocenters. The summed E-state index contributed by atoms with van der Waals surface area (Å²) >= 11 is 0. The highest BCUT2D eigenvalue weighted by atomic mass is 19.1. The molecule has 0 aromatic heterocycles. The second-order valence-electron chi connectivity index (χ2n) is 8.46. The van der Waals surface area contributed by atoms with Gasteiger partial charge in [0.25, 0.3) is 0 Å². The van der Waals surface area contributed by atoms with Crippen LogP contribution in [-0.4, -0.2) is 31.1 Å². The monoisotopic (exact) mass is 359 g/mol. The second kappa shape index (κ2) is 7.65. The van der Waals surface area contributed by atoms with Crippen molar-refractivity contribution in [1.82, 2.24) is 10.6 Å². The number of benzene rings is 1. The van der Waals surface area contributed by atoms with E-state index in [0.717, 1.165) is 37.9 Å². The average Bonchev–Trinajstić information content (AvgIpc) is 2.63. The van der Waals surface area contributed by atoms with Crippen molar-refractivity contribution in [3.05, 3.63) is 35.6 Å². The number of carbonyl (C=O) groups excluding carboxylic acids is 1. The largest absolute Gasteiger partial charge is 0.351 e. The van der Waals surface area contributed by atoms with Gasteiger partial charge in [-0.1, -0.05) is 18.6 Å². The van der Waals surface area contributed by atoms with E-state index in [-0.39, 0.29) is 35.6 Å². The summed E-state index contributed by atoms with van der Waals surface area (Å²) in [6.07, 6.45) is 6.43. The lowest BCUT2D eigenvalue weighted by atomic mass is 9.65. The predicted octanol–water partition coefficient (Wildman–Crippen LogP) is 2.54. The first kappa shape index (κ1) is 17.9. The number of amides is 1. The van der Waals surface area contributed by atoms with E-state index < -0.39 is 0 Å². The van der Waals surface area contributed by atoms with Crippen molar-refractivity contribution in [3.8, 4) is 0 Å². The molecule has 26 heavy (non-hydrogen) atoms. The molecular formula is C21H30FN3O. The topological polar surface area (TPSA) is 67.2 Å². The number of nitrogens with two attached hydrogens (primary N) is 1. The quantitative estimate of drug-likeness (QED) is 0.777. The maximum atomic E-state index is 13.3. The van der Waals surface area contributed by atoms with Crippen molar-refractivity contribution < 1.29 is 9.18 Å². The minimum Gasteiger partial charge on any atom is -0.351 e. The highest BCUT2D eigenvalue weighted by Gasteiger charge is 2.41. The molecule has 4 nitrogen and oxygen atoms in total. The van der Waals surface area contributed by atoms with Crippen LogP contribution in [0.15, 0.2) is 24.3 Å². The molecule has 2 saturated carbocycles. The molecule has 4 rings (SSSR count). The zero-order valence-electron chi connectivity index (χ0n) is 15.3. The van der Waals surface area contributed by atoms with Gasteiger partial charge in [0.2, 0.25) is 5.91 Å². The van der Waals surface area contributed by atoms with Gasteiger partial charge in [-0.2, -0.15) is 0 Å². The fraction of sp³-hybridized carbons (Fsp3) is 0.667. The van der Waals surface area contributed by atoms with Gasteiger partial charge in [-0.15, -0.1) is 0 Å². The Kier molecular flexibility index (Phi) is 5.28. The lowest BCUT2D eigenvalue weighted by Crippen LogP contribution is -2.54. The Morgan fingerprint density at radius 1 is 1.12 bits per heavy atom. The van der Waals surface area contributed by atoms with E-state index >= 15 is 0 Å². The summed E-state index contributed by atoms with van der Waals surface area (Å²) in [5.41, 5.74) is 7.48. The summed E-state index contributed by atoms with van der Waals surface area (Å²) < 4.78 is 13.3. The lowest BCUT2D eigenvalue weighted by molar-refractivity contribution is -0.128. The molecule has 1 amide bonds. The summed E-state index contributed by atoms with van der Waals surface area (Å²) in [6, 6.07) is 7.09. The van der Waals surface area contributed by atoms with Gasteiger partial charge in [-0.25, -0.2) is 4.39 Å². The molecule has 1 saturated heterocycles. The Balaban J connectivity index is 1.43. The van der Waals surface area contributed by atoms with E-state index in [0.29, 0.717) is 11.8 Å². The van der Waals surface area contributed by atoms with Gasteiger partial charge >= 0.3 is 0 Å². The van der Waals surface area contributed by atoms with Crippen LogP contribution in [0.4, 0.5) is 4.39 Å². The molecule has 4 N–H and O–H groups in total. The number of halogens is 1. The van der Waals surface area contributed by atoms with Gasteiger partial charge in [0.05, 0.1) is 0 Å². The Bertz CT molecular complexity index is 621. The molecule has 142 valence electrons. The molecule has 1 aliphatic heterocycles. The summed E-state index contributed by atoms with van der Waals surface area (Å²) in [6.45, 7) is 1.70. The Hall–Kier alpha value is -1.46. The fourth-order valence-corrected chi connectivity index (χ4v) is 5.42. The first-order valence-corrected chi connectivity index (χ1v) is 10.1. The van der Waals surface area contributed by atoms with E-state index in [1.165, 1.54) is 31.4 Å². The van der Waals surface area contributed by atoms with Gasteiger partial charge in [-0.3, -0.25) is 4.79 Å². The van der Waals surface area contributed by atoms with Crippen LogP contribution in [0.2, 0.25) is 0 Å². The third-order valence-corrected chi connectivity index (χ3v) is 6.89. The van der Waals surface area contributed by atoms with Crippen molar-refractivity contribution in [2.24, 2.45) is 23.5 Å². The number of rotatable bonds is 3. The van der Waals surface area contributed by atoms with E-state index in [9.17, 15) is 9.18 Å². The Labute approximate surface area is 155 Å². The molecule has 0 radical (unpaired) electrons. The van der Waals surface area contributed by atoms with Crippen molar-refractivity contribution in [1.29, 1.82) is 0 Å². The minimum atomic E-state index is -0.214. The Morgan fingerprint density at radius 2 is 1.81 bits per heavy atom. The number of hydrogen-bond acceptors (Lipinski definition) is 3. The van der Waals surface area contributed by atoms with Crippen molar-refractivity contribution >= 4 is 5.91 Å². The summed E-state index contributed by atoms with van der Waals surface area (Å²) in [4.78, 5) is 13.0. The van der Waals surface area contributed by atoms with Crippen LogP contribution in [0, 0.1) is 23.6 Å². The zero-order valence-corrected chi connectivity index (χ0v) is 15.3. The van der Waals surface area contributed by atoms with Crippen molar-refractivity contribution in [2.75, 3.05) is 13.1 Å². The molecule has 2 bridgehead atoms. The van der Waals surface area contributed by atoms with Gasteiger partial charge in [0.1, 0.15) is 5.82 Å². The van der Waals surface area contributed by atoms with Crippen LogP contribution in [0.25, 0.3) is 0 Å². The third-order valence-electron chi connectivity index (χ3n) is 6.89. The smallest absolute Gasteiger partial charge is 0.223 e. The fourth-order valence-electron chi connectivity index (χ4n) is 5.42. The van der Waals surface area contributed by atoms with E-state index in [1.54, 1.807) is 0 Å². The molecule has 2 aliphatic carbocycles. The van der Waals surface area contributed by atoms with Crippen LogP contribution in [0.1, 0.15) is 50.0 Å². The molecular weight excluding hydrogens is 329 g/mol. The van der Waals surface area contributed by atoms with Gasteiger partial charge in [-0.05, 0) is 68.2 Å². The number of carbonyl (C=O) groups is 1. The number of hydrogen-bond donors (Lipinski definition) is 3. The molecule has 5 heteroatoms. The Morgan fingerprint density at radius 3 is 2.50 bits per heavy atom. The van der Waals surface area contributed by atoms with Gasteiger partial charge in [0.15, 0.2) is 0 Å². The first-order valence-electron chi connectivity index (χ1n) is 10.1. The normalized spacial score (nSPS) is 37.2. The lowest BCUT2D eigenvalue weighted by Gasteiger charge is -2.44. The van der Waals surface area contributed by atoms with Crippen LogP contribution >= 0.6 is 0 Å². The summed E-state index contributed by atoms with van der Waals surface area (Å²) in [5.74, 6) is 1.33. The number of piperidine rings is 1. The number of fused-ring (bicyclic) bond motifs is 2. The average molecular weight is 359 g/mol. The number of nitrogens with one attached hydrogen (secondary N) is 2. The van der Waals surface area contributed by atoms with Crippen molar-refractivity contribution in [2.45, 2.75) is 56.5 Å². The highest BCUT2D eigenvalue weighted by molar-refractivity contribution is 5.79. The summed E-state index contributed by atoms with van der Waals surface area (Å²) in [5, 5.41) is 6.71. The predicted molar refractivity (Wildman–Crippen MR) is 100 cm³/mol. The third kappa shape index (κ3) is 3.65. The van der Waals surface area contributed by atoms with E-state index in [2.05, 4.69) is 10.6 Å². The molecule has 1 aromatic carbocycles. The zero-order chi connectivity index (χ0) is 18.1. The van der Waals surface area contributed by atoms with E-state index in [4.69, 9.17) is 5.73 Å². The highest BCUT2D eigenvalue weighted by Crippen LogP contribution is 2.42. The summed E-state index contributed by atoms with van der Waals surface area (Å²) in [7, 11) is 0. The van der Waals surface area contributed by atoms with Crippen molar-refractivity contribution in [3.63, 3.8) is 0 Å². The molecule has 0 spiro atoms.